The maximum Gasteiger partial charge on any atom is 0.287 e. The molecular formula is C13H19BrN2O4. The van der Waals surface area contributed by atoms with E-state index in [2.05, 4.69) is 26.6 Å². The Morgan fingerprint density at radius 3 is 2.70 bits per heavy atom. The van der Waals surface area contributed by atoms with Gasteiger partial charge in [-0.2, -0.15) is 0 Å². The van der Waals surface area contributed by atoms with E-state index in [1.807, 2.05) is 13.8 Å². The summed E-state index contributed by atoms with van der Waals surface area (Å²) in [5, 5.41) is 5.17. The summed E-state index contributed by atoms with van der Waals surface area (Å²) in [5.74, 6) is -0.502. The van der Waals surface area contributed by atoms with Gasteiger partial charge in [0.2, 0.25) is 5.91 Å². The molecule has 0 saturated heterocycles. The summed E-state index contributed by atoms with van der Waals surface area (Å²) in [7, 11) is 0. The van der Waals surface area contributed by atoms with Crippen molar-refractivity contribution in [1.82, 2.24) is 10.6 Å². The summed E-state index contributed by atoms with van der Waals surface area (Å²) in [4.78, 5) is 23.1. The number of carbonyl (C=O) groups excluding carboxylic acids is 2. The second kappa shape index (κ2) is 8.76. The van der Waals surface area contributed by atoms with Crippen molar-refractivity contribution in [2.24, 2.45) is 0 Å². The van der Waals surface area contributed by atoms with Gasteiger partial charge in [0.05, 0.1) is 12.6 Å². The van der Waals surface area contributed by atoms with E-state index in [-0.39, 0.29) is 24.3 Å². The lowest BCUT2D eigenvalue weighted by Crippen LogP contribution is -2.37. The summed E-state index contributed by atoms with van der Waals surface area (Å²) in [6, 6.07) is 3.14. The normalized spacial score (nSPS) is 10.6. The third-order valence-corrected chi connectivity index (χ3v) is 2.73. The summed E-state index contributed by atoms with van der Waals surface area (Å²) in [6.45, 7) is 4.96. The molecule has 1 heterocycles. The quantitative estimate of drug-likeness (QED) is 0.702. The highest BCUT2D eigenvalue weighted by Crippen LogP contribution is 2.13. The van der Waals surface area contributed by atoms with Crippen LogP contribution in [0.15, 0.2) is 21.2 Å². The van der Waals surface area contributed by atoms with Crippen LogP contribution < -0.4 is 10.6 Å². The number of amides is 2. The van der Waals surface area contributed by atoms with Gasteiger partial charge in [0.1, 0.15) is 0 Å². The van der Waals surface area contributed by atoms with Crippen molar-refractivity contribution in [3.63, 3.8) is 0 Å². The first-order chi connectivity index (χ1) is 9.49. The number of halogens is 1. The predicted molar refractivity (Wildman–Crippen MR) is 77.5 cm³/mol. The van der Waals surface area contributed by atoms with Crippen molar-refractivity contribution in [3.8, 4) is 0 Å². The van der Waals surface area contributed by atoms with E-state index in [4.69, 9.17) is 9.15 Å². The molecule has 112 valence electrons. The van der Waals surface area contributed by atoms with E-state index < -0.39 is 5.91 Å². The number of ether oxygens (including phenoxy) is 1. The minimum Gasteiger partial charge on any atom is -0.444 e. The number of nitrogens with one attached hydrogen (secondary N) is 2. The standard InChI is InChI=1S/C13H19BrN2O4/c1-9(2)19-7-3-6-15-12(17)8-16-13(18)10-4-5-11(14)20-10/h4-5,9H,3,6-8H2,1-2H3,(H,15,17)(H,16,18). The van der Waals surface area contributed by atoms with Gasteiger partial charge < -0.3 is 19.8 Å². The van der Waals surface area contributed by atoms with Crippen molar-refractivity contribution in [2.45, 2.75) is 26.4 Å². The molecule has 0 aromatic carbocycles. The van der Waals surface area contributed by atoms with Gasteiger partial charge in [0, 0.05) is 13.2 Å². The first kappa shape index (κ1) is 16.7. The first-order valence-electron chi connectivity index (χ1n) is 6.41. The molecule has 0 saturated carbocycles. The Bertz CT molecular complexity index is 445. The molecule has 0 atom stereocenters. The highest BCUT2D eigenvalue weighted by molar-refractivity contribution is 9.10. The molecule has 1 aromatic rings. The Labute approximate surface area is 126 Å². The molecule has 0 aliphatic heterocycles. The van der Waals surface area contributed by atoms with E-state index in [0.717, 1.165) is 6.42 Å². The Morgan fingerprint density at radius 2 is 2.10 bits per heavy atom. The van der Waals surface area contributed by atoms with E-state index >= 15 is 0 Å². The third-order valence-electron chi connectivity index (χ3n) is 2.30. The fourth-order valence-corrected chi connectivity index (χ4v) is 1.67. The Morgan fingerprint density at radius 1 is 1.35 bits per heavy atom. The van der Waals surface area contributed by atoms with Crippen LogP contribution in [-0.4, -0.2) is 37.6 Å². The van der Waals surface area contributed by atoms with Gasteiger partial charge >= 0.3 is 0 Å². The SMILES string of the molecule is CC(C)OCCCNC(=O)CNC(=O)c1ccc(Br)o1. The van der Waals surface area contributed by atoms with Gasteiger partial charge in [-0.25, -0.2) is 0 Å². The lowest BCUT2D eigenvalue weighted by Gasteiger charge is -2.08. The highest BCUT2D eigenvalue weighted by atomic mass is 79.9. The second-order valence-electron chi connectivity index (χ2n) is 4.41. The lowest BCUT2D eigenvalue weighted by atomic mass is 10.4. The van der Waals surface area contributed by atoms with Crippen LogP contribution in [0, 0.1) is 0 Å². The van der Waals surface area contributed by atoms with Crippen molar-refractivity contribution in [3.05, 3.63) is 22.6 Å². The molecule has 7 heteroatoms. The Kier molecular flexibility index (Phi) is 7.32. The van der Waals surface area contributed by atoms with Gasteiger partial charge in [-0.15, -0.1) is 0 Å². The monoisotopic (exact) mass is 346 g/mol. The molecule has 1 aromatic heterocycles. The summed E-state index contributed by atoms with van der Waals surface area (Å²) >= 11 is 3.10. The molecule has 2 amide bonds. The molecule has 0 aliphatic rings. The molecule has 20 heavy (non-hydrogen) atoms. The van der Waals surface area contributed by atoms with Crippen LogP contribution in [0.1, 0.15) is 30.8 Å². The number of furan rings is 1. The van der Waals surface area contributed by atoms with Crippen molar-refractivity contribution in [2.75, 3.05) is 19.7 Å². The molecule has 0 radical (unpaired) electrons. The number of rotatable bonds is 8. The van der Waals surface area contributed by atoms with Crippen molar-refractivity contribution >= 4 is 27.7 Å². The average Bonchev–Trinajstić information content (AvgIpc) is 2.82. The molecule has 2 N–H and O–H groups in total. The van der Waals surface area contributed by atoms with Gasteiger partial charge in [-0.3, -0.25) is 9.59 Å². The van der Waals surface area contributed by atoms with Gasteiger partial charge in [-0.05, 0) is 48.3 Å². The summed E-state index contributed by atoms with van der Waals surface area (Å²) in [5.41, 5.74) is 0. The maximum absolute atomic E-state index is 11.6. The van der Waals surface area contributed by atoms with Gasteiger partial charge in [-0.1, -0.05) is 0 Å². The van der Waals surface area contributed by atoms with Gasteiger partial charge in [0.15, 0.2) is 10.4 Å². The molecule has 0 unspecified atom stereocenters. The van der Waals surface area contributed by atoms with Crippen molar-refractivity contribution < 1.29 is 18.7 Å². The summed E-state index contributed by atoms with van der Waals surface area (Å²) < 4.78 is 10.9. The van der Waals surface area contributed by atoms with E-state index in [1.54, 1.807) is 6.07 Å². The third kappa shape index (κ3) is 6.72. The van der Waals surface area contributed by atoms with Crippen LogP contribution in [0.25, 0.3) is 0 Å². The van der Waals surface area contributed by atoms with Gasteiger partial charge in [0.25, 0.3) is 5.91 Å². The van der Waals surface area contributed by atoms with Crippen molar-refractivity contribution in [1.29, 1.82) is 0 Å². The molecule has 0 fully saturated rings. The van der Waals surface area contributed by atoms with Crippen LogP contribution in [0.2, 0.25) is 0 Å². The second-order valence-corrected chi connectivity index (χ2v) is 5.19. The Hall–Kier alpha value is -1.34. The highest BCUT2D eigenvalue weighted by Gasteiger charge is 2.11. The number of carbonyl (C=O) groups is 2. The molecule has 0 aliphatic carbocycles. The van der Waals surface area contributed by atoms with E-state index in [1.165, 1.54) is 6.07 Å². The Balaban J connectivity index is 2.12. The van der Waals surface area contributed by atoms with E-state index in [9.17, 15) is 9.59 Å². The molecule has 0 spiro atoms. The zero-order valence-corrected chi connectivity index (χ0v) is 13.2. The lowest BCUT2D eigenvalue weighted by molar-refractivity contribution is -0.120. The first-order valence-corrected chi connectivity index (χ1v) is 7.20. The largest absolute Gasteiger partial charge is 0.444 e. The molecule has 0 bridgehead atoms. The average molecular weight is 347 g/mol. The predicted octanol–water partition coefficient (Wildman–Crippen LogP) is 1.70. The minimum atomic E-state index is -0.422. The van der Waals surface area contributed by atoms with E-state index in [0.29, 0.717) is 17.8 Å². The van der Waals surface area contributed by atoms with Crippen LogP contribution in [0.3, 0.4) is 0 Å². The van der Waals surface area contributed by atoms with Crippen LogP contribution in [0.4, 0.5) is 0 Å². The van der Waals surface area contributed by atoms with Crippen LogP contribution >= 0.6 is 15.9 Å². The number of hydrogen-bond donors (Lipinski definition) is 2. The molecular weight excluding hydrogens is 328 g/mol. The zero-order chi connectivity index (χ0) is 15.0. The molecule has 6 nitrogen and oxygen atoms in total. The smallest absolute Gasteiger partial charge is 0.287 e. The number of hydrogen-bond acceptors (Lipinski definition) is 4. The van der Waals surface area contributed by atoms with Crippen LogP contribution in [-0.2, 0) is 9.53 Å². The fraction of sp³-hybridized carbons (Fsp3) is 0.538. The fourth-order valence-electron chi connectivity index (χ4n) is 1.37. The minimum absolute atomic E-state index is 0.0812. The molecule has 1 rings (SSSR count). The topological polar surface area (TPSA) is 80.6 Å². The summed E-state index contributed by atoms with van der Waals surface area (Å²) in [6.07, 6.45) is 0.931. The maximum atomic E-state index is 11.6. The zero-order valence-electron chi connectivity index (χ0n) is 11.6. The van der Waals surface area contributed by atoms with Crippen LogP contribution in [0.5, 0.6) is 0 Å².